The number of thioether (sulfide) groups is 1. The van der Waals surface area contributed by atoms with Crippen molar-refractivity contribution in [1.29, 1.82) is 0 Å². The van der Waals surface area contributed by atoms with Crippen LogP contribution in [-0.2, 0) is 7.05 Å². The van der Waals surface area contributed by atoms with E-state index in [0.717, 1.165) is 15.5 Å². The lowest BCUT2D eigenvalue weighted by molar-refractivity contribution is 0.767. The van der Waals surface area contributed by atoms with Crippen LogP contribution in [0, 0.1) is 11.8 Å². The van der Waals surface area contributed by atoms with E-state index in [0.29, 0.717) is 0 Å². The van der Waals surface area contributed by atoms with Gasteiger partial charge in [-0.1, -0.05) is 23.4 Å². The monoisotopic (exact) mass is 268 g/mol. The number of halogens is 1. The topological polar surface area (TPSA) is 17.8 Å². The maximum Gasteiger partial charge on any atom is 0.110 e. The highest BCUT2D eigenvalue weighted by molar-refractivity contribution is 8.00. The molecule has 0 atom stereocenters. The van der Waals surface area contributed by atoms with Gasteiger partial charge in [-0.3, -0.25) is 4.68 Å². The zero-order valence-electron chi connectivity index (χ0n) is 8.82. The molecule has 82 valence electrons. The van der Waals surface area contributed by atoms with Gasteiger partial charge in [-0.2, -0.15) is 5.10 Å². The van der Waals surface area contributed by atoms with Crippen molar-refractivity contribution in [2.45, 2.75) is 4.21 Å². The van der Waals surface area contributed by atoms with Crippen LogP contribution in [0.5, 0.6) is 0 Å². The molecule has 2 nitrogen and oxygen atoms in total. The molecule has 0 aliphatic rings. The molecule has 0 saturated carbocycles. The lowest BCUT2D eigenvalue weighted by Gasteiger charge is -1.82. The normalized spacial score (nSPS) is 9.94. The highest BCUT2D eigenvalue weighted by atomic mass is 35.5. The number of aromatic nitrogens is 2. The summed E-state index contributed by atoms with van der Waals surface area (Å²) in [5, 5.41) is 4.05. The second kappa shape index (κ2) is 4.96. The average Bonchev–Trinajstić information content (AvgIpc) is 2.82. The van der Waals surface area contributed by atoms with Crippen LogP contribution in [0.2, 0.25) is 4.34 Å². The highest BCUT2D eigenvalue weighted by Crippen LogP contribution is 2.32. The lowest BCUT2D eigenvalue weighted by atomic mass is 10.3. The summed E-state index contributed by atoms with van der Waals surface area (Å²) in [5.41, 5.74) is 1.79. The second-order valence-electron chi connectivity index (χ2n) is 3.11. The Morgan fingerprint density at radius 2 is 2.31 bits per heavy atom. The smallest absolute Gasteiger partial charge is 0.110 e. The largest absolute Gasteiger partial charge is 0.275 e. The fraction of sp³-hybridized carbons (Fsp3) is 0.182. The van der Waals surface area contributed by atoms with Crippen LogP contribution in [-0.4, -0.2) is 16.0 Å². The molecule has 2 rings (SSSR count). The summed E-state index contributed by atoms with van der Waals surface area (Å²) >= 11 is 9.32. The van der Waals surface area contributed by atoms with Gasteiger partial charge in [0.25, 0.3) is 0 Å². The van der Waals surface area contributed by atoms with E-state index >= 15 is 0 Å². The van der Waals surface area contributed by atoms with Crippen LogP contribution in [0.1, 0.15) is 11.1 Å². The van der Waals surface area contributed by atoms with Gasteiger partial charge in [0.05, 0.1) is 21.5 Å². The molecule has 5 heteroatoms. The molecule has 2 heterocycles. The number of hydrogen-bond acceptors (Lipinski definition) is 3. The molecule has 0 amide bonds. The molecule has 0 spiro atoms. The molecule has 0 saturated heterocycles. The maximum absolute atomic E-state index is 6.08. The number of hydrogen-bond donors (Lipinski definition) is 0. The van der Waals surface area contributed by atoms with Crippen LogP contribution < -0.4 is 0 Å². The Morgan fingerprint density at radius 1 is 1.50 bits per heavy atom. The molecule has 0 radical (unpaired) electrons. The number of aryl methyl sites for hydroxylation is 1. The third-order valence-electron chi connectivity index (χ3n) is 1.91. The zero-order chi connectivity index (χ0) is 11.5. The minimum atomic E-state index is 0.751. The maximum atomic E-state index is 6.08. The van der Waals surface area contributed by atoms with Crippen LogP contribution in [0.25, 0.3) is 0 Å². The Labute approximate surface area is 108 Å². The van der Waals surface area contributed by atoms with E-state index in [2.05, 4.69) is 16.9 Å². The summed E-state index contributed by atoms with van der Waals surface area (Å²) in [7, 11) is 1.87. The Kier molecular flexibility index (Phi) is 3.59. The van der Waals surface area contributed by atoms with Crippen LogP contribution in [0.3, 0.4) is 0 Å². The molecule has 0 aromatic carbocycles. The van der Waals surface area contributed by atoms with Gasteiger partial charge in [-0.15, -0.1) is 23.1 Å². The summed E-state index contributed by atoms with van der Waals surface area (Å²) in [6, 6.07) is 2.01. The van der Waals surface area contributed by atoms with Gasteiger partial charge in [0.1, 0.15) is 4.34 Å². The van der Waals surface area contributed by atoms with Gasteiger partial charge in [0, 0.05) is 13.2 Å². The molecule has 0 fully saturated rings. The van der Waals surface area contributed by atoms with E-state index < -0.39 is 0 Å². The number of rotatable bonds is 1. The minimum absolute atomic E-state index is 0.751. The first-order valence-electron chi connectivity index (χ1n) is 4.53. The van der Waals surface area contributed by atoms with Crippen LogP contribution in [0.4, 0.5) is 0 Å². The van der Waals surface area contributed by atoms with Crippen molar-refractivity contribution in [3.63, 3.8) is 0 Å². The Morgan fingerprint density at radius 3 is 2.88 bits per heavy atom. The fourth-order valence-corrected chi connectivity index (χ4v) is 3.04. The molecule has 0 aliphatic heterocycles. The van der Waals surface area contributed by atoms with Crippen LogP contribution >= 0.6 is 34.7 Å². The van der Waals surface area contributed by atoms with Crippen molar-refractivity contribution >= 4 is 34.7 Å². The molecule has 0 aliphatic carbocycles. The van der Waals surface area contributed by atoms with E-state index in [-0.39, 0.29) is 0 Å². The van der Waals surface area contributed by atoms with E-state index in [1.165, 1.54) is 4.21 Å². The summed E-state index contributed by atoms with van der Waals surface area (Å²) in [6.45, 7) is 0. The van der Waals surface area contributed by atoms with Gasteiger partial charge in [0.15, 0.2) is 0 Å². The molecule has 2 aromatic heterocycles. The second-order valence-corrected chi connectivity index (χ2v) is 5.87. The van der Waals surface area contributed by atoms with E-state index in [1.807, 2.05) is 25.6 Å². The van der Waals surface area contributed by atoms with Gasteiger partial charge in [-0.05, 0) is 12.3 Å². The van der Waals surface area contributed by atoms with Crippen molar-refractivity contribution in [2.24, 2.45) is 7.05 Å². The van der Waals surface area contributed by atoms with Gasteiger partial charge in [-0.25, -0.2) is 0 Å². The van der Waals surface area contributed by atoms with Crippen molar-refractivity contribution in [3.05, 3.63) is 33.9 Å². The molecule has 0 bridgehead atoms. The summed E-state index contributed by atoms with van der Waals surface area (Å²) in [4.78, 5) is 0. The lowest BCUT2D eigenvalue weighted by Crippen LogP contribution is -1.83. The Bertz CT molecular complexity index is 560. The third kappa shape index (κ3) is 2.62. The summed E-state index contributed by atoms with van der Waals surface area (Å²) < 4.78 is 3.66. The molecule has 2 aromatic rings. The van der Waals surface area contributed by atoms with Gasteiger partial charge < -0.3 is 0 Å². The molecule has 16 heavy (non-hydrogen) atoms. The Hall–Kier alpha value is -0.890. The first-order chi connectivity index (χ1) is 7.69. The SMILES string of the molecule is CSc1cc(C#Cc2cnn(C)c2)c(Cl)s1. The first kappa shape index (κ1) is 11.6. The van der Waals surface area contributed by atoms with E-state index in [1.54, 1.807) is 34.0 Å². The van der Waals surface area contributed by atoms with Crippen molar-refractivity contribution in [2.75, 3.05) is 6.26 Å². The summed E-state index contributed by atoms with van der Waals surface area (Å²) in [6.07, 6.45) is 5.64. The fourth-order valence-electron chi connectivity index (χ4n) is 1.16. The average molecular weight is 269 g/mol. The number of thiophene rings is 1. The Balaban J connectivity index is 2.26. The standard InChI is InChI=1S/C11H9ClN2S2/c1-14-7-8(6-13-14)3-4-9-5-10(15-2)16-11(9)12/h5-7H,1-2H3. The van der Waals surface area contributed by atoms with Crippen molar-refractivity contribution < 1.29 is 0 Å². The van der Waals surface area contributed by atoms with E-state index in [4.69, 9.17) is 11.6 Å². The predicted molar refractivity (Wildman–Crippen MR) is 70.3 cm³/mol. The molecule has 0 unspecified atom stereocenters. The predicted octanol–water partition coefficient (Wildman–Crippen LogP) is 3.26. The highest BCUT2D eigenvalue weighted by Gasteiger charge is 2.03. The van der Waals surface area contributed by atoms with Crippen molar-refractivity contribution in [3.8, 4) is 11.8 Å². The third-order valence-corrected chi connectivity index (χ3v) is 4.34. The molecular weight excluding hydrogens is 260 g/mol. The van der Waals surface area contributed by atoms with Crippen LogP contribution in [0.15, 0.2) is 22.7 Å². The zero-order valence-corrected chi connectivity index (χ0v) is 11.2. The first-order valence-corrected chi connectivity index (χ1v) is 6.95. The number of nitrogens with zero attached hydrogens (tertiary/aromatic N) is 2. The molecular formula is C11H9ClN2S2. The quantitative estimate of drug-likeness (QED) is 0.584. The molecule has 0 N–H and O–H groups in total. The van der Waals surface area contributed by atoms with Crippen molar-refractivity contribution in [1.82, 2.24) is 9.78 Å². The summed E-state index contributed by atoms with van der Waals surface area (Å²) in [5.74, 6) is 6.10. The van der Waals surface area contributed by atoms with E-state index in [9.17, 15) is 0 Å². The van der Waals surface area contributed by atoms with Gasteiger partial charge >= 0.3 is 0 Å². The minimum Gasteiger partial charge on any atom is -0.275 e. The van der Waals surface area contributed by atoms with Gasteiger partial charge in [0.2, 0.25) is 0 Å².